The molecule has 0 unspecified atom stereocenters. The minimum atomic E-state index is 0.336. The molecule has 0 amide bonds. The van der Waals surface area contributed by atoms with Crippen molar-refractivity contribution in [2.45, 2.75) is 79.1 Å². The number of nitrogens with zero attached hydrogens (tertiary/aromatic N) is 5. The Morgan fingerprint density at radius 3 is 1.68 bits per heavy atom. The first-order valence-corrected chi connectivity index (χ1v) is 21.0. The zero-order valence-electron chi connectivity index (χ0n) is 35.1. The van der Waals surface area contributed by atoms with E-state index in [0.29, 0.717) is 23.7 Å². The number of rotatable bonds is 8. The first kappa shape index (κ1) is 36.8. The molecule has 5 aromatic carbocycles. The smallest absolute Gasteiger partial charge is 0.145 e. The molecule has 6 heteroatoms. The number of imidazole rings is 2. The lowest BCUT2D eigenvalue weighted by Gasteiger charge is -2.22. The topological polar surface area (TPSA) is 56.7 Å². The highest BCUT2D eigenvalue weighted by molar-refractivity contribution is 6.14. The molecule has 0 aliphatic rings. The summed E-state index contributed by atoms with van der Waals surface area (Å²) in [5.74, 6) is 2.93. The van der Waals surface area contributed by atoms with Gasteiger partial charge in [0, 0.05) is 51.9 Å². The van der Waals surface area contributed by atoms with E-state index in [-0.39, 0.29) is 0 Å². The summed E-state index contributed by atoms with van der Waals surface area (Å²) in [6.45, 7) is 18.4. The van der Waals surface area contributed by atoms with Gasteiger partial charge in [0.2, 0.25) is 0 Å². The Labute approximate surface area is 345 Å². The second kappa shape index (κ2) is 14.1. The van der Waals surface area contributed by atoms with Crippen molar-refractivity contribution in [1.82, 2.24) is 23.8 Å². The molecule has 10 rings (SSSR count). The molecule has 0 saturated carbocycles. The zero-order chi connectivity index (χ0) is 40.7. The second-order valence-electron chi connectivity index (χ2n) is 17.3. The second-order valence-corrected chi connectivity index (χ2v) is 17.3. The Morgan fingerprint density at radius 2 is 1.05 bits per heavy atom. The zero-order valence-corrected chi connectivity index (χ0v) is 35.1. The molecule has 0 aliphatic heterocycles. The van der Waals surface area contributed by atoms with Crippen molar-refractivity contribution in [1.29, 1.82) is 0 Å². The quantitative estimate of drug-likeness (QED) is 0.144. The standard InChI is InChI=1S/C53H49N5O/c1-30(2)37-11-9-12-38(31(3)4)50(37)34-15-18-43-41-19-16-36(59-35-17-20-42-44(26-35)52-55-23-24-57(52)47-21-22-54-28-46(42)47)27-45(41)53-56-29-49(58(53)48(43)25-34)51-39(32(5)6)13-10-14-40(51)33(7)8/h9-33H,1-8H3. The van der Waals surface area contributed by atoms with E-state index in [4.69, 9.17) is 14.7 Å². The van der Waals surface area contributed by atoms with Crippen LogP contribution in [0, 0.1) is 0 Å². The molecule has 0 bridgehead atoms. The number of pyridine rings is 3. The fourth-order valence-electron chi connectivity index (χ4n) is 9.44. The van der Waals surface area contributed by atoms with Crippen LogP contribution in [0.25, 0.3) is 77.0 Å². The van der Waals surface area contributed by atoms with Crippen molar-refractivity contribution in [3.8, 4) is 33.9 Å². The summed E-state index contributed by atoms with van der Waals surface area (Å²) >= 11 is 0. The van der Waals surface area contributed by atoms with Gasteiger partial charge in [-0.15, -0.1) is 0 Å². The Hall–Kier alpha value is -6.53. The number of benzene rings is 5. The van der Waals surface area contributed by atoms with Crippen LogP contribution >= 0.6 is 0 Å². The Balaban J connectivity index is 1.22. The van der Waals surface area contributed by atoms with E-state index in [2.05, 4.69) is 160 Å². The van der Waals surface area contributed by atoms with E-state index in [0.717, 1.165) is 66.5 Å². The maximum Gasteiger partial charge on any atom is 0.145 e. The number of ether oxygens (including phenoxy) is 1. The molecule has 6 nitrogen and oxygen atoms in total. The summed E-state index contributed by atoms with van der Waals surface area (Å²) in [6, 6.07) is 35.4. The van der Waals surface area contributed by atoms with Gasteiger partial charge in [-0.05, 0) is 116 Å². The number of fused-ring (bicyclic) bond motifs is 12. The van der Waals surface area contributed by atoms with Crippen LogP contribution in [0.4, 0.5) is 0 Å². The van der Waals surface area contributed by atoms with E-state index in [1.807, 2.05) is 36.9 Å². The lowest BCUT2D eigenvalue weighted by atomic mass is 9.84. The number of aromatic nitrogens is 5. The van der Waals surface area contributed by atoms with Crippen molar-refractivity contribution >= 4 is 54.6 Å². The normalized spacial score (nSPS) is 12.3. The van der Waals surface area contributed by atoms with Crippen LogP contribution < -0.4 is 4.74 Å². The van der Waals surface area contributed by atoms with Crippen LogP contribution in [-0.4, -0.2) is 23.8 Å². The largest absolute Gasteiger partial charge is 0.457 e. The summed E-state index contributed by atoms with van der Waals surface area (Å²) < 4.78 is 11.3. The fourth-order valence-corrected chi connectivity index (χ4v) is 9.44. The van der Waals surface area contributed by atoms with Crippen molar-refractivity contribution in [3.63, 3.8) is 0 Å². The summed E-state index contributed by atoms with van der Waals surface area (Å²) in [7, 11) is 0. The third-order valence-electron chi connectivity index (χ3n) is 12.3. The van der Waals surface area contributed by atoms with Crippen molar-refractivity contribution in [3.05, 3.63) is 150 Å². The van der Waals surface area contributed by atoms with E-state index >= 15 is 0 Å². The monoisotopic (exact) mass is 771 g/mol. The van der Waals surface area contributed by atoms with Crippen LogP contribution in [0.2, 0.25) is 0 Å². The highest BCUT2D eigenvalue weighted by atomic mass is 16.5. The van der Waals surface area contributed by atoms with Gasteiger partial charge in [0.25, 0.3) is 0 Å². The molecule has 5 heterocycles. The van der Waals surface area contributed by atoms with Crippen molar-refractivity contribution in [2.75, 3.05) is 0 Å². The molecule has 0 aliphatic carbocycles. The molecule has 0 N–H and O–H groups in total. The Morgan fingerprint density at radius 1 is 0.475 bits per heavy atom. The van der Waals surface area contributed by atoms with E-state index < -0.39 is 0 Å². The molecule has 5 aromatic heterocycles. The average molecular weight is 772 g/mol. The first-order chi connectivity index (χ1) is 28.6. The maximum absolute atomic E-state index is 6.74. The molecular formula is C53H49N5O. The fraction of sp³-hybridized carbons (Fsp3) is 0.226. The lowest BCUT2D eigenvalue weighted by Crippen LogP contribution is -2.03. The molecular weight excluding hydrogens is 723 g/mol. The van der Waals surface area contributed by atoms with Gasteiger partial charge >= 0.3 is 0 Å². The van der Waals surface area contributed by atoms with Crippen LogP contribution in [0.5, 0.6) is 11.5 Å². The molecule has 0 atom stereocenters. The molecule has 0 radical (unpaired) electrons. The van der Waals surface area contributed by atoms with E-state index in [9.17, 15) is 0 Å². The van der Waals surface area contributed by atoms with Gasteiger partial charge in [-0.1, -0.05) is 104 Å². The van der Waals surface area contributed by atoms with E-state index in [1.165, 1.54) is 44.3 Å². The molecule has 0 saturated heterocycles. The molecule has 0 fully saturated rings. The van der Waals surface area contributed by atoms with Crippen LogP contribution in [0.3, 0.4) is 0 Å². The summed E-state index contributed by atoms with van der Waals surface area (Å²) in [4.78, 5) is 14.5. The predicted octanol–water partition coefficient (Wildman–Crippen LogP) is 14.6. The summed E-state index contributed by atoms with van der Waals surface area (Å²) in [5, 5.41) is 6.54. The van der Waals surface area contributed by atoms with E-state index in [1.54, 1.807) is 0 Å². The maximum atomic E-state index is 6.74. The highest BCUT2D eigenvalue weighted by Crippen LogP contribution is 2.43. The predicted molar refractivity (Wildman–Crippen MR) is 246 cm³/mol. The van der Waals surface area contributed by atoms with Crippen molar-refractivity contribution in [2.24, 2.45) is 0 Å². The van der Waals surface area contributed by atoms with Gasteiger partial charge < -0.3 is 4.74 Å². The summed E-state index contributed by atoms with van der Waals surface area (Å²) in [5.41, 5.74) is 14.4. The molecule has 10 aromatic rings. The van der Waals surface area contributed by atoms with Gasteiger partial charge in [-0.2, -0.15) is 0 Å². The molecule has 0 spiro atoms. The molecule has 292 valence electrons. The lowest BCUT2D eigenvalue weighted by molar-refractivity contribution is 0.484. The van der Waals surface area contributed by atoms with Gasteiger partial charge in [0.15, 0.2) is 0 Å². The SMILES string of the molecule is CC(C)c1cccc(C(C)C)c1-c1ccc2c3ccc(Oc4ccc5c6cnccc6n6ccnc6c5c4)cc3c3ncc(-c4c(C(C)C)cccc4C(C)C)n3c2c1. The number of hydrogen-bond donors (Lipinski definition) is 0. The van der Waals surface area contributed by atoms with Gasteiger partial charge in [0.1, 0.15) is 22.8 Å². The minimum absolute atomic E-state index is 0.336. The minimum Gasteiger partial charge on any atom is -0.457 e. The van der Waals surface area contributed by atoms with Crippen LogP contribution in [0.1, 0.15) is 101 Å². The first-order valence-electron chi connectivity index (χ1n) is 21.0. The highest BCUT2D eigenvalue weighted by Gasteiger charge is 2.23. The average Bonchev–Trinajstić information content (AvgIpc) is 3.92. The Bertz CT molecular complexity index is 3220. The summed E-state index contributed by atoms with van der Waals surface area (Å²) in [6.07, 6.45) is 9.70. The number of hydrogen-bond acceptors (Lipinski definition) is 4. The van der Waals surface area contributed by atoms with Gasteiger partial charge in [0.05, 0.1) is 22.9 Å². The van der Waals surface area contributed by atoms with Gasteiger partial charge in [-0.25, -0.2) is 9.97 Å². The Kier molecular flexibility index (Phi) is 8.78. The third kappa shape index (κ3) is 5.87. The third-order valence-corrected chi connectivity index (χ3v) is 12.3. The van der Waals surface area contributed by atoms with Crippen LogP contribution in [-0.2, 0) is 0 Å². The van der Waals surface area contributed by atoms with Gasteiger partial charge in [-0.3, -0.25) is 13.8 Å². The van der Waals surface area contributed by atoms with Crippen molar-refractivity contribution < 1.29 is 4.74 Å². The van der Waals surface area contributed by atoms with Crippen LogP contribution in [0.15, 0.2) is 128 Å². The molecule has 59 heavy (non-hydrogen) atoms.